The molecule has 0 aliphatic rings. The molecule has 0 saturated heterocycles. The maximum absolute atomic E-state index is 12.2. The molecule has 20 heavy (non-hydrogen) atoms. The number of rotatable bonds is 5. The number of aromatic nitrogens is 2. The van der Waals surface area contributed by atoms with Crippen molar-refractivity contribution in [3.63, 3.8) is 0 Å². The van der Waals surface area contributed by atoms with Crippen LogP contribution in [0.4, 0.5) is 5.13 Å². The normalized spacial score (nSPS) is 10.6. The fourth-order valence-corrected chi connectivity index (χ4v) is 2.79. The van der Waals surface area contributed by atoms with Crippen LogP contribution in [-0.2, 0) is 6.54 Å². The average molecular weight is 294 g/mol. The van der Waals surface area contributed by atoms with Gasteiger partial charge in [0.2, 0.25) is 0 Å². The van der Waals surface area contributed by atoms with E-state index in [0.29, 0.717) is 11.4 Å². The van der Waals surface area contributed by atoms with Crippen LogP contribution >= 0.6 is 11.3 Å². The molecule has 0 aromatic carbocycles. The summed E-state index contributed by atoms with van der Waals surface area (Å²) in [7, 11) is 0. The zero-order valence-electron chi connectivity index (χ0n) is 12.0. The van der Waals surface area contributed by atoms with Crippen LogP contribution in [-0.4, -0.2) is 22.6 Å². The van der Waals surface area contributed by atoms with Crippen molar-refractivity contribution in [1.82, 2.24) is 15.5 Å². The molecule has 2 N–H and O–H groups in total. The standard InChI is InChI=1S/C13H18N4O2S/c1-5-14-13-16-8(3)11(20-13)12(18)15-6-10-7(2)17-19-9(10)4/h5-6H2,1-4H3,(H,14,16)(H,15,18). The summed E-state index contributed by atoms with van der Waals surface area (Å²) in [5.74, 6) is 0.612. The van der Waals surface area contributed by atoms with Gasteiger partial charge in [-0.3, -0.25) is 4.79 Å². The number of hydrogen-bond acceptors (Lipinski definition) is 6. The van der Waals surface area contributed by atoms with Crippen molar-refractivity contribution < 1.29 is 9.32 Å². The van der Waals surface area contributed by atoms with Gasteiger partial charge in [0.05, 0.1) is 11.4 Å². The van der Waals surface area contributed by atoms with Gasteiger partial charge in [-0.25, -0.2) is 4.98 Å². The molecule has 0 saturated carbocycles. The van der Waals surface area contributed by atoms with Crippen molar-refractivity contribution in [1.29, 1.82) is 0 Å². The first-order valence-electron chi connectivity index (χ1n) is 6.44. The van der Waals surface area contributed by atoms with Crippen LogP contribution in [0, 0.1) is 20.8 Å². The minimum Gasteiger partial charge on any atom is -0.362 e. The van der Waals surface area contributed by atoms with Gasteiger partial charge in [0.25, 0.3) is 5.91 Å². The van der Waals surface area contributed by atoms with E-state index in [9.17, 15) is 4.79 Å². The lowest BCUT2D eigenvalue weighted by molar-refractivity contribution is 0.0954. The van der Waals surface area contributed by atoms with Crippen molar-refractivity contribution in [2.75, 3.05) is 11.9 Å². The second-order valence-corrected chi connectivity index (χ2v) is 5.45. The quantitative estimate of drug-likeness (QED) is 0.885. The summed E-state index contributed by atoms with van der Waals surface area (Å²) in [6.45, 7) is 8.72. The Hall–Kier alpha value is -1.89. The number of hydrogen-bond donors (Lipinski definition) is 2. The van der Waals surface area contributed by atoms with E-state index in [1.54, 1.807) is 0 Å². The van der Waals surface area contributed by atoms with Crippen molar-refractivity contribution in [3.05, 3.63) is 27.6 Å². The molecule has 0 radical (unpaired) electrons. The molecular formula is C13H18N4O2S. The summed E-state index contributed by atoms with van der Waals surface area (Å²) in [5.41, 5.74) is 2.46. The third-order valence-corrected chi connectivity index (χ3v) is 4.05. The first-order chi connectivity index (χ1) is 9.52. The first kappa shape index (κ1) is 14.5. The van der Waals surface area contributed by atoms with Gasteiger partial charge in [-0.2, -0.15) is 0 Å². The minimum absolute atomic E-state index is 0.121. The van der Waals surface area contributed by atoms with Gasteiger partial charge in [-0.1, -0.05) is 16.5 Å². The van der Waals surface area contributed by atoms with Gasteiger partial charge in [0.15, 0.2) is 5.13 Å². The summed E-state index contributed by atoms with van der Waals surface area (Å²) in [6.07, 6.45) is 0. The SMILES string of the molecule is CCNc1nc(C)c(C(=O)NCc2c(C)noc2C)s1. The number of carbonyl (C=O) groups is 1. The molecule has 108 valence electrons. The number of anilines is 1. The largest absolute Gasteiger partial charge is 0.362 e. The molecule has 6 nitrogen and oxygen atoms in total. The van der Waals surface area contributed by atoms with E-state index in [1.807, 2.05) is 27.7 Å². The highest BCUT2D eigenvalue weighted by Crippen LogP contribution is 2.22. The number of carbonyl (C=O) groups excluding carboxylic acids is 1. The Labute approximate surface area is 121 Å². The van der Waals surface area contributed by atoms with Gasteiger partial charge in [-0.05, 0) is 27.7 Å². The third kappa shape index (κ3) is 2.98. The maximum Gasteiger partial charge on any atom is 0.263 e. The van der Waals surface area contributed by atoms with E-state index in [-0.39, 0.29) is 5.91 Å². The molecule has 2 heterocycles. The van der Waals surface area contributed by atoms with Crippen molar-refractivity contribution in [2.24, 2.45) is 0 Å². The molecule has 2 aromatic rings. The summed E-state index contributed by atoms with van der Waals surface area (Å²) in [4.78, 5) is 17.1. The fraction of sp³-hybridized carbons (Fsp3) is 0.462. The van der Waals surface area contributed by atoms with E-state index in [0.717, 1.165) is 34.4 Å². The lowest BCUT2D eigenvalue weighted by Gasteiger charge is -2.03. The molecule has 0 fully saturated rings. The van der Waals surface area contributed by atoms with Gasteiger partial charge in [0, 0.05) is 18.7 Å². The van der Waals surface area contributed by atoms with E-state index < -0.39 is 0 Å². The predicted octanol–water partition coefficient (Wildman–Crippen LogP) is 2.42. The predicted molar refractivity (Wildman–Crippen MR) is 78.2 cm³/mol. The van der Waals surface area contributed by atoms with Gasteiger partial charge < -0.3 is 15.2 Å². The smallest absolute Gasteiger partial charge is 0.263 e. The maximum atomic E-state index is 12.2. The summed E-state index contributed by atoms with van der Waals surface area (Å²) in [5, 5.41) is 10.6. The molecular weight excluding hydrogens is 276 g/mol. The Morgan fingerprint density at radius 2 is 2.05 bits per heavy atom. The number of nitrogens with one attached hydrogen (secondary N) is 2. The van der Waals surface area contributed by atoms with Crippen LogP contribution < -0.4 is 10.6 Å². The van der Waals surface area contributed by atoms with E-state index in [2.05, 4.69) is 20.8 Å². The number of aryl methyl sites for hydroxylation is 3. The molecule has 0 aliphatic carbocycles. The molecule has 0 unspecified atom stereocenters. The molecule has 2 aromatic heterocycles. The molecule has 0 bridgehead atoms. The van der Waals surface area contributed by atoms with Crippen molar-refractivity contribution in [2.45, 2.75) is 34.2 Å². The molecule has 1 amide bonds. The van der Waals surface area contributed by atoms with Crippen LogP contribution in [0.2, 0.25) is 0 Å². The Balaban J connectivity index is 2.05. The highest BCUT2D eigenvalue weighted by Gasteiger charge is 2.16. The van der Waals surface area contributed by atoms with Gasteiger partial charge in [-0.15, -0.1) is 0 Å². The molecule has 2 rings (SSSR count). The van der Waals surface area contributed by atoms with E-state index in [1.165, 1.54) is 11.3 Å². The number of thiazole rings is 1. The lowest BCUT2D eigenvalue weighted by Crippen LogP contribution is -2.23. The fourth-order valence-electron chi connectivity index (χ4n) is 1.84. The highest BCUT2D eigenvalue weighted by molar-refractivity contribution is 7.17. The molecule has 0 spiro atoms. The monoisotopic (exact) mass is 294 g/mol. The van der Waals surface area contributed by atoms with Crippen LogP contribution in [0.15, 0.2) is 4.52 Å². The molecule has 0 atom stereocenters. The summed E-state index contributed by atoms with van der Waals surface area (Å²) < 4.78 is 5.07. The second-order valence-electron chi connectivity index (χ2n) is 4.45. The Kier molecular flexibility index (Phi) is 4.39. The lowest BCUT2D eigenvalue weighted by atomic mass is 10.2. The van der Waals surface area contributed by atoms with Crippen LogP contribution in [0.3, 0.4) is 0 Å². The van der Waals surface area contributed by atoms with Crippen LogP contribution in [0.25, 0.3) is 0 Å². The Morgan fingerprint density at radius 1 is 1.30 bits per heavy atom. The Bertz CT molecular complexity index is 598. The van der Waals surface area contributed by atoms with Crippen LogP contribution in [0.5, 0.6) is 0 Å². The number of amides is 1. The minimum atomic E-state index is -0.121. The van der Waals surface area contributed by atoms with Crippen molar-refractivity contribution in [3.8, 4) is 0 Å². The van der Waals surface area contributed by atoms with E-state index >= 15 is 0 Å². The first-order valence-corrected chi connectivity index (χ1v) is 7.25. The highest BCUT2D eigenvalue weighted by atomic mass is 32.1. The second kappa shape index (κ2) is 6.04. The Morgan fingerprint density at radius 3 is 2.65 bits per heavy atom. The van der Waals surface area contributed by atoms with Crippen molar-refractivity contribution >= 4 is 22.4 Å². The third-order valence-electron chi connectivity index (χ3n) is 2.94. The zero-order chi connectivity index (χ0) is 14.7. The van der Waals surface area contributed by atoms with E-state index in [4.69, 9.17) is 4.52 Å². The summed E-state index contributed by atoms with van der Waals surface area (Å²) in [6, 6.07) is 0. The average Bonchev–Trinajstić information content (AvgIpc) is 2.92. The molecule has 0 aliphatic heterocycles. The number of nitrogens with zero attached hydrogens (tertiary/aromatic N) is 2. The van der Waals surface area contributed by atoms with Gasteiger partial charge >= 0.3 is 0 Å². The van der Waals surface area contributed by atoms with Crippen LogP contribution in [0.1, 0.15) is 39.3 Å². The molecule has 7 heteroatoms. The van der Waals surface area contributed by atoms with Gasteiger partial charge in [0.1, 0.15) is 10.6 Å². The summed E-state index contributed by atoms with van der Waals surface area (Å²) >= 11 is 1.36. The zero-order valence-corrected chi connectivity index (χ0v) is 12.8. The topological polar surface area (TPSA) is 80.0 Å².